The number of halogens is 1. The summed E-state index contributed by atoms with van der Waals surface area (Å²) in [5.41, 5.74) is 7.65. The van der Waals surface area contributed by atoms with Gasteiger partial charge in [0.05, 0.1) is 5.69 Å². The van der Waals surface area contributed by atoms with Crippen LogP contribution in [0.4, 0.5) is 0 Å². The standard InChI is InChI=1S/C12H13BrN2OS/c1-8-7-16-12(15-8)17-11-3-2-9(4-5-14)6-10(11)13/h2-3,6-7H,4-5,14H2,1H3. The number of hydrogen-bond acceptors (Lipinski definition) is 4. The number of benzene rings is 1. The van der Waals surface area contributed by atoms with E-state index in [1.807, 2.05) is 6.92 Å². The Labute approximate surface area is 113 Å². The smallest absolute Gasteiger partial charge is 0.260 e. The van der Waals surface area contributed by atoms with Crippen LogP contribution in [0.5, 0.6) is 0 Å². The number of oxazole rings is 1. The van der Waals surface area contributed by atoms with E-state index in [9.17, 15) is 0 Å². The Hall–Kier alpha value is -0.780. The van der Waals surface area contributed by atoms with Crippen LogP contribution in [0.1, 0.15) is 11.3 Å². The van der Waals surface area contributed by atoms with Crippen molar-refractivity contribution in [3.63, 3.8) is 0 Å². The molecule has 2 aromatic rings. The highest BCUT2D eigenvalue weighted by atomic mass is 79.9. The molecule has 1 aromatic heterocycles. The van der Waals surface area contributed by atoms with E-state index in [1.165, 1.54) is 17.3 Å². The molecular formula is C12H13BrN2OS. The Balaban J connectivity index is 2.16. The molecule has 0 bridgehead atoms. The van der Waals surface area contributed by atoms with Crippen molar-refractivity contribution in [2.75, 3.05) is 6.54 Å². The summed E-state index contributed by atoms with van der Waals surface area (Å²) < 4.78 is 6.36. The Morgan fingerprint density at radius 3 is 2.88 bits per heavy atom. The van der Waals surface area contributed by atoms with Gasteiger partial charge in [-0.1, -0.05) is 6.07 Å². The lowest BCUT2D eigenvalue weighted by Crippen LogP contribution is -2.02. The quantitative estimate of drug-likeness (QED) is 0.940. The molecule has 0 saturated heterocycles. The number of nitrogens with zero attached hydrogens (tertiary/aromatic N) is 1. The molecule has 0 aliphatic carbocycles. The molecular weight excluding hydrogens is 300 g/mol. The topological polar surface area (TPSA) is 52.0 Å². The van der Waals surface area contributed by atoms with Gasteiger partial charge in [-0.15, -0.1) is 0 Å². The zero-order chi connectivity index (χ0) is 12.3. The van der Waals surface area contributed by atoms with Crippen LogP contribution in [0, 0.1) is 6.92 Å². The minimum absolute atomic E-state index is 0.662. The molecule has 0 aliphatic heterocycles. The predicted octanol–water partition coefficient (Wildman–Crippen LogP) is 3.40. The summed E-state index contributed by atoms with van der Waals surface area (Å²) >= 11 is 5.06. The molecule has 90 valence electrons. The average Bonchev–Trinajstić information content (AvgIpc) is 2.69. The summed E-state index contributed by atoms with van der Waals surface area (Å²) in [6, 6.07) is 6.22. The van der Waals surface area contributed by atoms with Gasteiger partial charge >= 0.3 is 0 Å². The van der Waals surface area contributed by atoms with Crippen molar-refractivity contribution in [1.82, 2.24) is 4.98 Å². The molecule has 0 unspecified atom stereocenters. The van der Waals surface area contributed by atoms with Crippen molar-refractivity contribution in [3.8, 4) is 0 Å². The lowest BCUT2D eigenvalue weighted by atomic mass is 10.2. The normalized spacial score (nSPS) is 10.8. The second-order valence-electron chi connectivity index (χ2n) is 3.66. The highest BCUT2D eigenvalue weighted by Crippen LogP contribution is 2.33. The summed E-state index contributed by atoms with van der Waals surface area (Å²) in [6.07, 6.45) is 2.54. The van der Waals surface area contributed by atoms with E-state index in [0.29, 0.717) is 11.8 Å². The van der Waals surface area contributed by atoms with Gasteiger partial charge in [0.25, 0.3) is 5.22 Å². The highest BCUT2D eigenvalue weighted by molar-refractivity contribution is 9.10. The lowest BCUT2D eigenvalue weighted by molar-refractivity contribution is 0.454. The summed E-state index contributed by atoms with van der Waals surface area (Å²) in [4.78, 5) is 5.35. The van der Waals surface area contributed by atoms with Gasteiger partial charge in [-0.05, 0) is 65.3 Å². The third-order valence-corrected chi connectivity index (χ3v) is 4.08. The summed E-state index contributed by atoms with van der Waals surface area (Å²) in [7, 11) is 0. The lowest BCUT2D eigenvalue weighted by Gasteiger charge is -2.04. The Kier molecular flexibility index (Phi) is 4.25. The fourth-order valence-electron chi connectivity index (χ4n) is 1.42. The molecule has 1 aromatic carbocycles. The second-order valence-corrected chi connectivity index (χ2v) is 5.51. The van der Waals surface area contributed by atoms with Crippen LogP contribution in [0.25, 0.3) is 0 Å². The predicted molar refractivity (Wildman–Crippen MR) is 72.3 cm³/mol. The van der Waals surface area contributed by atoms with Crippen molar-refractivity contribution in [2.24, 2.45) is 5.73 Å². The van der Waals surface area contributed by atoms with E-state index in [0.717, 1.165) is 21.5 Å². The first-order chi connectivity index (χ1) is 8.19. The summed E-state index contributed by atoms with van der Waals surface area (Å²) in [6.45, 7) is 2.57. The second kappa shape index (κ2) is 5.71. The zero-order valence-corrected chi connectivity index (χ0v) is 11.8. The molecule has 17 heavy (non-hydrogen) atoms. The largest absolute Gasteiger partial charge is 0.439 e. The van der Waals surface area contributed by atoms with Gasteiger partial charge in [0.2, 0.25) is 0 Å². The minimum Gasteiger partial charge on any atom is -0.439 e. The van der Waals surface area contributed by atoms with Crippen molar-refractivity contribution < 1.29 is 4.42 Å². The fourth-order valence-corrected chi connectivity index (χ4v) is 2.86. The average molecular weight is 313 g/mol. The molecule has 0 fully saturated rings. The molecule has 0 radical (unpaired) electrons. The van der Waals surface area contributed by atoms with Gasteiger partial charge in [-0.2, -0.15) is 0 Å². The Morgan fingerprint density at radius 2 is 2.29 bits per heavy atom. The van der Waals surface area contributed by atoms with Gasteiger partial charge in [0.1, 0.15) is 6.26 Å². The molecule has 3 nitrogen and oxygen atoms in total. The molecule has 0 aliphatic rings. The molecule has 1 heterocycles. The van der Waals surface area contributed by atoms with Crippen LogP contribution >= 0.6 is 27.7 Å². The first-order valence-corrected chi connectivity index (χ1v) is 6.88. The first kappa shape index (κ1) is 12.7. The SMILES string of the molecule is Cc1coc(Sc2ccc(CCN)cc2Br)n1. The number of aromatic nitrogens is 1. The van der Waals surface area contributed by atoms with Gasteiger partial charge in [0.15, 0.2) is 0 Å². The van der Waals surface area contributed by atoms with Gasteiger partial charge in [0, 0.05) is 9.37 Å². The van der Waals surface area contributed by atoms with Crippen LogP contribution in [0.2, 0.25) is 0 Å². The van der Waals surface area contributed by atoms with Gasteiger partial charge in [-0.25, -0.2) is 4.98 Å². The highest BCUT2D eigenvalue weighted by Gasteiger charge is 2.07. The third-order valence-electron chi connectivity index (χ3n) is 2.22. The molecule has 0 saturated carbocycles. The van der Waals surface area contributed by atoms with Crippen molar-refractivity contribution in [2.45, 2.75) is 23.5 Å². The molecule has 5 heteroatoms. The van der Waals surface area contributed by atoms with E-state index >= 15 is 0 Å². The van der Waals surface area contributed by atoms with E-state index < -0.39 is 0 Å². The van der Waals surface area contributed by atoms with Gasteiger partial charge < -0.3 is 10.2 Å². The van der Waals surface area contributed by atoms with Crippen molar-refractivity contribution >= 4 is 27.7 Å². The minimum atomic E-state index is 0.662. The van der Waals surface area contributed by atoms with E-state index in [4.69, 9.17) is 10.2 Å². The van der Waals surface area contributed by atoms with Crippen LogP contribution in [-0.4, -0.2) is 11.5 Å². The van der Waals surface area contributed by atoms with Gasteiger partial charge in [-0.3, -0.25) is 0 Å². The van der Waals surface area contributed by atoms with E-state index in [1.54, 1.807) is 6.26 Å². The monoisotopic (exact) mass is 312 g/mol. The van der Waals surface area contributed by atoms with Crippen molar-refractivity contribution in [1.29, 1.82) is 0 Å². The molecule has 0 amide bonds. The van der Waals surface area contributed by atoms with Crippen LogP contribution in [0.3, 0.4) is 0 Å². The molecule has 0 atom stereocenters. The third kappa shape index (κ3) is 3.34. The zero-order valence-electron chi connectivity index (χ0n) is 9.44. The van der Waals surface area contributed by atoms with Crippen molar-refractivity contribution in [3.05, 3.63) is 40.2 Å². The molecule has 2 rings (SSSR count). The Morgan fingerprint density at radius 1 is 1.47 bits per heavy atom. The molecule has 0 spiro atoms. The number of hydrogen-bond donors (Lipinski definition) is 1. The first-order valence-electron chi connectivity index (χ1n) is 5.27. The number of aryl methyl sites for hydroxylation is 1. The number of nitrogens with two attached hydrogens (primary N) is 1. The van der Waals surface area contributed by atoms with Crippen LogP contribution < -0.4 is 5.73 Å². The van der Waals surface area contributed by atoms with Crippen LogP contribution in [-0.2, 0) is 6.42 Å². The Bertz CT molecular complexity index is 513. The molecule has 2 N–H and O–H groups in total. The summed E-state index contributed by atoms with van der Waals surface area (Å²) in [5, 5.41) is 0.662. The maximum Gasteiger partial charge on any atom is 0.260 e. The number of rotatable bonds is 4. The summed E-state index contributed by atoms with van der Waals surface area (Å²) in [5.74, 6) is 0. The van der Waals surface area contributed by atoms with Crippen LogP contribution in [0.15, 0.2) is 43.5 Å². The van der Waals surface area contributed by atoms with E-state index in [2.05, 4.69) is 39.1 Å². The van der Waals surface area contributed by atoms with E-state index in [-0.39, 0.29) is 0 Å². The fraction of sp³-hybridized carbons (Fsp3) is 0.250. The maximum atomic E-state index is 5.53. The maximum absolute atomic E-state index is 5.53.